The first-order chi connectivity index (χ1) is 16.3. The highest BCUT2D eigenvalue weighted by Crippen LogP contribution is 2.34. The van der Waals surface area contributed by atoms with Crippen molar-refractivity contribution < 1.29 is 19.2 Å². The van der Waals surface area contributed by atoms with E-state index in [4.69, 9.17) is 21.1 Å². The highest BCUT2D eigenvalue weighted by molar-refractivity contribution is 7.12. The molecule has 2 aromatic heterocycles. The summed E-state index contributed by atoms with van der Waals surface area (Å²) in [5, 5.41) is 20.7. The van der Waals surface area contributed by atoms with Crippen LogP contribution in [-0.4, -0.2) is 39.8 Å². The lowest BCUT2D eigenvalue weighted by Gasteiger charge is -2.08. The van der Waals surface area contributed by atoms with E-state index >= 15 is 0 Å². The fourth-order valence-corrected chi connectivity index (χ4v) is 4.19. The minimum atomic E-state index is -0.640. The van der Waals surface area contributed by atoms with Gasteiger partial charge in [0.25, 0.3) is 11.6 Å². The van der Waals surface area contributed by atoms with Crippen molar-refractivity contribution in [1.29, 1.82) is 0 Å². The lowest BCUT2D eigenvalue weighted by Crippen LogP contribution is -2.15. The van der Waals surface area contributed by atoms with Crippen LogP contribution in [0, 0.1) is 17.0 Å². The number of aromatic nitrogens is 3. The Morgan fingerprint density at radius 2 is 1.91 bits per heavy atom. The first-order valence-electron chi connectivity index (χ1n) is 9.81. The molecule has 1 N–H and O–H groups in total. The van der Waals surface area contributed by atoms with Crippen molar-refractivity contribution >= 4 is 40.4 Å². The van der Waals surface area contributed by atoms with Crippen LogP contribution in [-0.2, 0) is 0 Å². The summed E-state index contributed by atoms with van der Waals surface area (Å²) >= 11 is 7.18. The molecule has 0 aliphatic carbocycles. The number of anilines is 1. The van der Waals surface area contributed by atoms with E-state index in [1.54, 1.807) is 33.3 Å². The van der Waals surface area contributed by atoms with Crippen LogP contribution in [0.4, 0.5) is 11.5 Å². The number of aryl methyl sites for hydroxylation is 1. The maximum Gasteiger partial charge on any atom is 0.288 e. The van der Waals surface area contributed by atoms with E-state index in [-0.39, 0.29) is 16.3 Å². The van der Waals surface area contributed by atoms with Gasteiger partial charge in [-0.1, -0.05) is 11.6 Å². The highest BCUT2D eigenvalue weighted by atomic mass is 35.5. The van der Waals surface area contributed by atoms with Gasteiger partial charge >= 0.3 is 0 Å². The van der Waals surface area contributed by atoms with Crippen LogP contribution in [0.3, 0.4) is 0 Å². The number of hydrogen-bond donors (Lipinski definition) is 1. The molecular weight excluding hydrogens is 482 g/mol. The number of carbonyl (C=O) groups excluding carboxylic acids is 1. The maximum absolute atomic E-state index is 12.8. The van der Waals surface area contributed by atoms with Crippen molar-refractivity contribution in [2.45, 2.75) is 6.92 Å². The number of nitro benzene ring substituents is 1. The third kappa shape index (κ3) is 4.56. The molecule has 0 saturated carbocycles. The minimum Gasteiger partial charge on any atom is -0.493 e. The molecule has 0 saturated heterocycles. The Labute approximate surface area is 202 Å². The number of rotatable bonds is 7. The predicted molar refractivity (Wildman–Crippen MR) is 129 cm³/mol. The lowest BCUT2D eigenvalue weighted by atomic mass is 10.1. The molecule has 4 rings (SSSR count). The van der Waals surface area contributed by atoms with Crippen LogP contribution in [0.15, 0.2) is 47.8 Å². The molecule has 4 aromatic rings. The number of nitrogens with zero attached hydrogens (tertiary/aromatic N) is 4. The van der Waals surface area contributed by atoms with Crippen molar-refractivity contribution in [2.75, 3.05) is 19.5 Å². The number of carbonyl (C=O) groups is 1. The zero-order valence-electron chi connectivity index (χ0n) is 18.2. The fraction of sp³-hybridized carbons (Fsp3) is 0.136. The van der Waals surface area contributed by atoms with Crippen LogP contribution < -0.4 is 14.8 Å². The third-order valence-electron chi connectivity index (χ3n) is 4.83. The minimum absolute atomic E-state index is 0.0482. The summed E-state index contributed by atoms with van der Waals surface area (Å²) < 4.78 is 12.1. The average molecular weight is 500 g/mol. The number of nitro groups is 1. The Morgan fingerprint density at radius 3 is 2.62 bits per heavy atom. The lowest BCUT2D eigenvalue weighted by molar-refractivity contribution is -0.384. The summed E-state index contributed by atoms with van der Waals surface area (Å²) in [5.74, 6) is 1.01. The molecule has 0 aliphatic heterocycles. The zero-order valence-corrected chi connectivity index (χ0v) is 19.8. The molecule has 0 radical (unpaired) electrons. The summed E-state index contributed by atoms with van der Waals surface area (Å²) in [7, 11) is 3.13. The Balaban J connectivity index is 1.63. The number of halogens is 1. The molecule has 0 unspecified atom stereocenters. The summed E-state index contributed by atoms with van der Waals surface area (Å²) in [5.41, 5.74) is 1.91. The molecule has 1 amide bonds. The smallest absolute Gasteiger partial charge is 0.288 e. The topological polar surface area (TPSA) is 121 Å². The maximum atomic E-state index is 12.8. The molecule has 12 heteroatoms. The van der Waals surface area contributed by atoms with Gasteiger partial charge in [0.2, 0.25) is 5.13 Å². The quantitative estimate of drug-likeness (QED) is 0.276. The number of methoxy groups -OCH3 is 2. The number of benzene rings is 2. The number of ether oxygens (including phenoxy) is 2. The molecule has 0 aliphatic rings. The normalized spacial score (nSPS) is 10.7. The van der Waals surface area contributed by atoms with E-state index in [0.717, 1.165) is 11.6 Å². The standard InChI is InChI=1S/C22H18ClN5O5S/c1-12-8-20(25-21(29)14-4-6-15(23)17(9-14)28(30)31)27(26-12)22-24-16(11-34-22)13-5-7-18(32-2)19(10-13)33-3/h4-11H,1-3H3,(H,25,29). The Kier molecular flexibility index (Phi) is 6.48. The van der Waals surface area contributed by atoms with Gasteiger partial charge in [-0.05, 0) is 37.3 Å². The molecule has 2 heterocycles. The SMILES string of the molecule is COc1ccc(-c2csc(-n3nc(C)cc3NC(=O)c3ccc(Cl)c([N+](=O)[O-])c3)n2)cc1OC. The van der Waals surface area contributed by atoms with Gasteiger partial charge in [-0.2, -0.15) is 9.78 Å². The number of hydrogen-bond acceptors (Lipinski definition) is 8. The van der Waals surface area contributed by atoms with E-state index < -0.39 is 10.8 Å². The molecule has 34 heavy (non-hydrogen) atoms. The average Bonchev–Trinajstić information content (AvgIpc) is 3.45. The van der Waals surface area contributed by atoms with Gasteiger partial charge in [0.15, 0.2) is 11.5 Å². The largest absolute Gasteiger partial charge is 0.493 e. The first-order valence-corrected chi connectivity index (χ1v) is 11.1. The monoisotopic (exact) mass is 499 g/mol. The van der Waals surface area contributed by atoms with Crippen LogP contribution in [0.1, 0.15) is 16.1 Å². The van der Waals surface area contributed by atoms with Crippen LogP contribution in [0.2, 0.25) is 5.02 Å². The zero-order chi connectivity index (χ0) is 24.4. The molecule has 0 fully saturated rings. The number of nitrogens with one attached hydrogen (secondary N) is 1. The number of amides is 1. The van der Waals surface area contributed by atoms with E-state index in [0.29, 0.717) is 33.8 Å². The van der Waals surface area contributed by atoms with E-state index in [2.05, 4.69) is 15.4 Å². The van der Waals surface area contributed by atoms with Crippen molar-refractivity contribution in [1.82, 2.24) is 14.8 Å². The Hall–Kier alpha value is -3.96. The summed E-state index contributed by atoms with van der Waals surface area (Å²) in [6.07, 6.45) is 0. The first kappa shape index (κ1) is 23.2. The van der Waals surface area contributed by atoms with Crippen LogP contribution in [0.25, 0.3) is 16.4 Å². The highest BCUT2D eigenvalue weighted by Gasteiger charge is 2.19. The molecule has 174 valence electrons. The van der Waals surface area contributed by atoms with Crippen LogP contribution in [0.5, 0.6) is 11.5 Å². The summed E-state index contributed by atoms with van der Waals surface area (Å²) in [6.45, 7) is 1.78. The van der Waals surface area contributed by atoms with E-state index in [9.17, 15) is 14.9 Å². The molecular formula is C22H18ClN5O5S. The Bertz CT molecular complexity index is 1400. The van der Waals surface area contributed by atoms with Crippen molar-refractivity contribution in [2.24, 2.45) is 0 Å². The van der Waals surface area contributed by atoms with Crippen molar-refractivity contribution in [3.8, 4) is 27.9 Å². The predicted octanol–water partition coefficient (Wildman–Crippen LogP) is 5.14. The number of thiazole rings is 1. The van der Waals surface area contributed by atoms with Gasteiger partial charge in [0.05, 0.1) is 30.5 Å². The van der Waals surface area contributed by atoms with E-state index in [1.165, 1.54) is 28.2 Å². The molecule has 2 aromatic carbocycles. The van der Waals surface area contributed by atoms with Crippen molar-refractivity contribution in [3.05, 3.63) is 74.2 Å². The van der Waals surface area contributed by atoms with Gasteiger partial charge in [0.1, 0.15) is 10.8 Å². The van der Waals surface area contributed by atoms with Gasteiger partial charge in [-0.15, -0.1) is 11.3 Å². The second-order valence-electron chi connectivity index (χ2n) is 7.05. The Morgan fingerprint density at radius 1 is 1.15 bits per heavy atom. The van der Waals surface area contributed by atoms with Gasteiger partial charge in [-0.25, -0.2) is 4.98 Å². The molecule has 0 spiro atoms. The van der Waals surface area contributed by atoms with Gasteiger partial charge < -0.3 is 14.8 Å². The third-order valence-corrected chi connectivity index (χ3v) is 5.97. The second-order valence-corrected chi connectivity index (χ2v) is 8.29. The molecule has 0 bridgehead atoms. The van der Waals surface area contributed by atoms with Gasteiger partial charge in [-0.3, -0.25) is 14.9 Å². The molecule has 0 atom stereocenters. The summed E-state index contributed by atoms with van der Waals surface area (Å²) in [4.78, 5) is 27.9. The fourth-order valence-electron chi connectivity index (χ4n) is 3.21. The van der Waals surface area contributed by atoms with Crippen molar-refractivity contribution in [3.63, 3.8) is 0 Å². The summed E-state index contributed by atoms with van der Waals surface area (Å²) in [6, 6.07) is 11.0. The van der Waals surface area contributed by atoms with E-state index in [1.807, 2.05) is 17.5 Å². The molecule has 10 nitrogen and oxygen atoms in total. The second kappa shape index (κ2) is 9.49. The van der Waals surface area contributed by atoms with Gasteiger partial charge in [0, 0.05) is 28.6 Å². The van der Waals surface area contributed by atoms with Crippen LogP contribution >= 0.6 is 22.9 Å².